The molecule has 4 heteroatoms. The molecule has 1 atom stereocenters. The molecule has 0 bridgehead atoms. The number of rotatable bonds is 6. The number of aliphatic hydroxyl groups excluding tert-OH is 1. The first-order valence-corrected chi connectivity index (χ1v) is 6.74. The van der Waals surface area contributed by atoms with Crippen molar-refractivity contribution < 1.29 is 14.6 Å². The number of carbonyl (C=O) groups is 1. The molecule has 0 aliphatic heterocycles. The van der Waals surface area contributed by atoms with Crippen molar-refractivity contribution in [3.63, 3.8) is 0 Å². The Balaban J connectivity index is 1.82. The lowest BCUT2D eigenvalue weighted by atomic mass is 10.1. The van der Waals surface area contributed by atoms with Crippen LogP contribution in [-0.2, 0) is 4.79 Å². The van der Waals surface area contributed by atoms with E-state index in [0.29, 0.717) is 11.7 Å². The molecule has 19 heavy (non-hydrogen) atoms. The summed E-state index contributed by atoms with van der Waals surface area (Å²) in [7, 11) is 0. The molecular weight excluding hydrogens is 242 g/mol. The number of hydrogen-bond donors (Lipinski definition) is 2. The van der Waals surface area contributed by atoms with Gasteiger partial charge in [0.05, 0.1) is 6.10 Å². The second-order valence-electron chi connectivity index (χ2n) is 5.24. The van der Waals surface area contributed by atoms with Crippen molar-refractivity contribution in [3.05, 3.63) is 29.3 Å². The van der Waals surface area contributed by atoms with Crippen LogP contribution >= 0.6 is 0 Å². The molecule has 1 aliphatic rings. The fraction of sp³-hybridized carbons (Fsp3) is 0.533. The van der Waals surface area contributed by atoms with E-state index in [-0.39, 0.29) is 12.5 Å². The van der Waals surface area contributed by atoms with Gasteiger partial charge in [0.25, 0.3) is 5.91 Å². The standard InChI is InChI=1S/C15H21NO3/c1-10-7-13(11(2)17)5-6-14(10)19-9-15(18)16-8-12-3-4-12/h5-7,11-12,17H,3-4,8-9H2,1-2H3,(H,16,18)/t11-/m0/s1. The van der Waals surface area contributed by atoms with Gasteiger partial charge in [-0.2, -0.15) is 0 Å². The fourth-order valence-electron chi connectivity index (χ4n) is 1.87. The fourth-order valence-corrected chi connectivity index (χ4v) is 1.87. The molecule has 2 rings (SSSR count). The first-order valence-electron chi connectivity index (χ1n) is 6.74. The Morgan fingerprint density at radius 2 is 2.26 bits per heavy atom. The highest BCUT2D eigenvalue weighted by Gasteiger charge is 2.21. The minimum absolute atomic E-state index is 0.0432. The monoisotopic (exact) mass is 263 g/mol. The van der Waals surface area contributed by atoms with E-state index in [2.05, 4.69) is 5.32 Å². The average Bonchev–Trinajstić information content (AvgIpc) is 3.18. The van der Waals surface area contributed by atoms with Crippen molar-refractivity contribution in [3.8, 4) is 5.75 Å². The summed E-state index contributed by atoms with van der Waals surface area (Å²) >= 11 is 0. The summed E-state index contributed by atoms with van der Waals surface area (Å²) in [6.07, 6.45) is 1.96. The van der Waals surface area contributed by atoms with E-state index >= 15 is 0 Å². The van der Waals surface area contributed by atoms with Gasteiger partial charge in [0, 0.05) is 6.54 Å². The molecule has 2 N–H and O–H groups in total. The zero-order valence-corrected chi connectivity index (χ0v) is 11.5. The highest BCUT2D eigenvalue weighted by atomic mass is 16.5. The largest absolute Gasteiger partial charge is 0.484 e. The van der Waals surface area contributed by atoms with Gasteiger partial charge in [-0.3, -0.25) is 4.79 Å². The van der Waals surface area contributed by atoms with E-state index in [0.717, 1.165) is 17.7 Å². The molecule has 1 aliphatic carbocycles. The van der Waals surface area contributed by atoms with Gasteiger partial charge in [-0.15, -0.1) is 0 Å². The Morgan fingerprint density at radius 3 is 2.84 bits per heavy atom. The van der Waals surface area contributed by atoms with Crippen LogP contribution in [0.25, 0.3) is 0 Å². The molecule has 0 unspecified atom stereocenters. The van der Waals surface area contributed by atoms with Crippen LogP contribution in [0.15, 0.2) is 18.2 Å². The van der Waals surface area contributed by atoms with E-state index in [9.17, 15) is 9.90 Å². The molecular formula is C15H21NO3. The summed E-state index contributed by atoms with van der Waals surface area (Å²) in [6, 6.07) is 5.49. The topological polar surface area (TPSA) is 58.6 Å². The number of aliphatic hydroxyl groups is 1. The summed E-state index contributed by atoms with van der Waals surface area (Å²) < 4.78 is 5.49. The number of nitrogens with one attached hydrogen (secondary N) is 1. The first kappa shape index (κ1) is 13.9. The molecule has 0 radical (unpaired) electrons. The van der Waals surface area contributed by atoms with Crippen LogP contribution in [0.2, 0.25) is 0 Å². The van der Waals surface area contributed by atoms with Gasteiger partial charge in [0.15, 0.2) is 6.61 Å². The Morgan fingerprint density at radius 1 is 1.53 bits per heavy atom. The first-order chi connectivity index (χ1) is 9.06. The van der Waals surface area contributed by atoms with Gasteiger partial charge in [-0.1, -0.05) is 6.07 Å². The Labute approximate surface area is 113 Å². The van der Waals surface area contributed by atoms with Crippen LogP contribution in [0.1, 0.15) is 37.0 Å². The highest BCUT2D eigenvalue weighted by molar-refractivity contribution is 5.77. The van der Waals surface area contributed by atoms with Gasteiger partial charge < -0.3 is 15.2 Å². The summed E-state index contributed by atoms with van der Waals surface area (Å²) in [5.74, 6) is 1.29. The Kier molecular flexibility index (Phi) is 4.43. The second kappa shape index (κ2) is 6.06. The van der Waals surface area contributed by atoms with Crippen molar-refractivity contribution >= 4 is 5.91 Å². The van der Waals surface area contributed by atoms with Gasteiger partial charge in [0.1, 0.15) is 5.75 Å². The number of aryl methyl sites for hydroxylation is 1. The van der Waals surface area contributed by atoms with Crippen LogP contribution in [-0.4, -0.2) is 24.2 Å². The molecule has 1 saturated carbocycles. The van der Waals surface area contributed by atoms with E-state index in [4.69, 9.17) is 4.74 Å². The highest BCUT2D eigenvalue weighted by Crippen LogP contribution is 2.27. The lowest BCUT2D eigenvalue weighted by Crippen LogP contribution is -2.30. The molecule has 104 valence electrons. The maximum Gasteiger partial charge on any atom is 0.257 e. The van der Waals surface area contributed by atoms with Crippen molar-refractivity contribution in [2.24, 2.45) is 5.92 Å². The second-order valence-corrected chi connectivity index (χ2v) is 5.24. The molecule has 0 aromatic heterocycles. The summed E-state index contributed by atoms with van der Waals surface area (Å²) in [6.45, 7) is 4.44. The lowest BCUT2D eigenvalue weighted by Gasteiger charge is -2.12. The normalized spacial score (nSPS) is 15.9. The summed E-state index contributed by atoms with van der Waals surface area (Å²) in [4.78, 5) is 11.6. The Bertz CT molecular complexity index is 453. The third-order valence-electron chi connectivity index (χ3n) is 3.32. The molecule has 1 fully saturated rings. The van der Waals surface area contributed by atoms with Crippen molar-refractivity contribution in [1.29, 1.82) is 0 Å². The van der Waals surface area contributed by atoms with Crippen LogP contribution < -0.4 is 10.1 Å². The van der Waals surface area contributed by atoms with Gasteiger partial charge in [-0.05, 0) is 55.9 Å². The minimum atomic E-state index is -0.491. The van der Waals surface area contributed by atoms with E-state index in [1.54, 1.807) is 13.0 Å². The zero-order valence-electron chi connectivity index (χ0n) is 11.5. The predicted molar refractivity (Wildman–Crippen MR) is 73.0 cm³/mol. The van der Waals surface area contributed by atoms with Crippen LogP contribution in [0.3, 0.4) is 0 Å². The van der Waals surface area contributed by atoms with E-state index in [1.165, 1.54) is 12.8 Å². The van der Waals surface area contributed by atoms with Crippen LogP contribution in [0.5, 0.6) is 5.75 Å². The SMILES string of the molecule is Cc1cc([C@H](C)O)ccc1OCC(=O)NCC1CC1. The third kappa shape index (κ3) is 4.24. The summed E-state index contributed by atoms with van der Waals surface area (Å²) in [5, 5.41) is 12.3. The minimum Gasteiger partial charge on any atom is -0.484 e. The number of amides is 1. The van der Waals surface area contributed by atoms with Crippen LogP contribution in [0.4, 0.5) is 0 Å². The van der Waals surface area contributed by atoms with Crippen molar-refractivity contribution in [2.75, 3.05) is 13.2 Å². The van der Waals surface area contributed by atoms with Crippen molar-refractivity contribution in [2.45, 2.75) is 32.8 Å². The average molecular weight is 263 g/mol. The van der Waals surface area contributed by atoms with Crippen molar-refractivity contribution in [1.82, 2.24) is 5.32 Å². The Hall–Kier alpha value is -1.55. The molecule has 0 heterocycles. The predicted octanol–water partition coefficient (Wildman–Crippen LogP) is 1.95. The molecule has 1 aromatic carbocycles. The quantitative estimate of drug-likeness (QED) is 0.824. The van der Waals surface area contributed by atoms with Gasteiger partial charge in [-0.25, -0.2) is 0 Å². The third-order valence-corrected chi connectivity index (χ3v) is 3.32. The molecule has 1 amide bonds. The summed E-state index contributed by atoms with van der Waals surface area (Å²) in [5.41, 5.74) is 1.77. The van der Waals surface area contributed by atoms with E-state index in [1.807, 2.05) is 19.1 Å². The maximum atomic E-state index is 11.6. The van der Waals surface area contributed by atoms with E-state index < -0.39 is 6.10 Å². The maximum absolute atomic E-state index is 11.6. The molecule has 0 saturated heterocycles. The number of hydrogen-bond acceptors (Lipinski definition) is 3. The number of ether oxygens (including phenoxy) is 1. The van der Waals surface area contributed by atoms with Gasteiger partial charge in [0.2, 0.25) is 0 Å². The number of carbonyl (C=O) groups excluding carboxylic acids is 1. The smallest absolute Gasteiger partial charge is 0.257 e. The van der Waals surface area contributed by atoms with Gasteiger partial charge >= 0.3 is 0 Å². The molecule has 1 aromatic rings. The molecule has 0 spiro atoms. The molecule has 4 nitrogen and oxygen atoms in total. The van der Waals surface area contributed by atoms with Crippen LogP contribution in [0, 0.1) is 12.8 Å². The lowest BCUT2D eigenvalue weighted by molar-refractivity contribution is -0.123. The number of benzene rings is 1. The zero-order chi connectivity index (χ0) is 13.8.